The third-order valence-corrected chi connectivity index (χ3v) is 2.71. The van der Waals surface area contributed by atoms with Crippen molar-refractivity contribution in [3.05, 3.63) is 0 Å². The maximum absolute atomic E-state index is 11.5. The van der Waals surface area contributed by atoms with Crippen molar-refractivity contribution in [1.29, 1.82) is 0 Å². The van der Waals surface area contributed by atoms with Gasteiger partial charge < -0.3 is 4.90 Å². The van der Waals surface area contributed by atoms with Crippen LogP contribution >= 0.6 is 11.8 Å². The average Bonchev–Trinajstić information content (AvgIpc) is 2.01. The molecule has 0 aromatic carbocycles. The van der Waals surface area contributed by atoms with E-state index in [1.54, 1.807) is 14.1 Å². The van der Waals surface area contributed by atoms with E-state index in [2.05, 4.69) is 0 Å². The molecule has 0 spiro atoms. The molecule has 0 aromatic heterocycles. The molecule has 14 heavy (non-hydrogen) atoms. The van der Waals surface area contributed by atoms with E-state index in [0.29, 0.717) is 11.5 Å². The fourth-order valence-corrected chi connectivity index (χ4v) is 1.73. The Hall–Kier alpha value is -0.510. The molecule has 82 valence electrons. The smallest absolute Gasteiger partial charge is 0.232 e. The van der Waals surface area contributed by atoms with Crippen LogP contribution in [0.5, 0.6) is 0 Å². The molecule has 0 unspecified atom stereocenters. The molecular formula is C10H19NO2S. The number of thioether (sulfide) groups is 1. The maximum atomic E-state index is 11.5. The van der Waals surface area contributed by atoms with Gasteiger partial charge in [-0.05, 0) is 0 Å². The Morgan fingerprint density at radius 2 is 1.64 bits per heavy atom. The zero-order chi connectivity index (χ0) is 11.4. The molecular weight excluding hydrogens is 198 g/mol. The molecule has 0 radical (unpaired) electrons. The highest BCUT2D eigenvalue weighted by atomic mass is 32.2. The van der Waals surface area contributed by atoms with Crippen molar-refractivity contribution in [1.82, 2.24) is 4.90 Å². The van der Waals surface area contributed by atoms with Gasteiger partial charge in [-0.25, -0.2) is 0 Å². The minimum absolute atomic E-state index is 0.0525. The molecule has 1 amide bonds. The van der Waals surface area contributed by atoms with Crippen LogP contribution in [0.1, 0.15) is 20.8 Å². The summed E-state index contributed by atoms with van der Waals surface area (Å²) in [6.45, 7) is 5.68. The molecule has 0 bridgehead atoms. The van der Waals surface area contributed by atoms with Gasteiger partial charge in [-0.2, -0.15) is 0 Å². The predicted molar refractivity (Wildman–Crippen MR) is 60.5 cm³/mol. The Kier molecular flexibility index (Phi) is 5.19. The van der Waals surface area contributed by atoms with Crippen molar-refractivity contribution < 1.29 is 9.59 Å². The highest BCUT2D eigenvalue weighted by Crippen LogP contribution is 2.17. The summed E-state index contributed by atoms with van der Waals surface area (Å²) in [4.78, 5) is 24.2. The second-order valence-electron chi connectivity index (χ2n) is 4.45. The second kappa shape index (κ2) is 5.39. The monoisotopic (exact) mass is 217 g/mol. The zero-order valence-corrected chi connectivity index (χ0v) is 10.4. The number of amides is 1. The normalized spacial score (nSPS) is 11.2. The molecule has 0 rings (SSSR count). The molecule has 0 aromatic rings. The number of rotatable bonds is 4. The van der Waals surface area contributed by atoms with Crippen LogP contribution < -0.4 is 0 Å². The lowest BCUT2D eigenvalue weighted by molar-refractivity contribution is -0.125. The number of Topliss-reactive ketones (excluding diaryl/α,β-unsaturated/α-hetero) is 1. The number of ketones is 1. The Bertz CT molecular complexity index is 219. The standard InChI is InChI=1S/C10H19NO2S/c1-10(2,3)8(12)6-14-7-9(13)11(4)5/h6-7H2,1-5H3. The molecule has 0 aliphatic carbocycles. The van der Waals surface area contributed by atoms with Crippen LogP contribution in [0.15, 0.2) is 0 Å². The van der Waals surface area contributed by atoms with E-state index in [4.69, 9.17) is 0 Å². The second-order valence-corrected chi connectivity index (χ2v) is 5.44. The van der Waals surface area contributed by atoms with Crippen LogP contribution in [-0.4, -0.2) is 42.2 Å². The van der Waals surface area contributed by atoms with Gasteiger partial charge in [-0.1, -0.05) is 20.8 Å². The van der Waals surface area contributed by atoms with E-state index >= 15 is 0 Å². The number of carbonyl (C=O) groups excluding carboxylic acids is 2. The van der Waals surface area contributed by atoms with Crippen molar-refractivity contribution >= 4 is 23.5 Å². The zero-order valence-electron chi connectivity index (χ0n) is 9.59. The van der Waals surface area contributed by atoms with E-state index in [1.807, 2.05) is 20.8 Å². The van der Waals surface area contributed by atoms with Gasteiger partial charge in [0.1, 0.15) is 5.78 Å². The highest BCUT2D eigenvalue weighted by Gasteiger charge is 2.20. The first-order valence-corrected chi connectivity index (χ1v) is 5.72. The molecule has 0 fully saturated rings. The average molecular weight is 217 g/mol. The fourth-order valence-electron chi connectivity index (χ4n) is 0.577. The van der Waals surface area contributed by atoms with Crippen LogP contribution in [0.3, 0.4) is 0 Å². The summed E-state index contributed by atoms with van der Waals surface area (Å²) in [6.07, 6.45) is 0. The summed E-state index contributed by atoms with van der Waals surface area (Å²) < 4.78 is 0. The summed E-state index contributed by atoms with van der Waals surface area (Å²) in [5.74, 6) is 1.04. The quantitative estimate of drug-likeness (QED) is 0.715. The first kappa shape index (κ1) is 13.5. The third kappa shape index (κ3) is 5.27. The van der Waals surface area contributed by atoms with Crippen LogP contribution in [0.25, 0.3) is 0 Å². The van der Waals surface area contributed by atoms with Crippen LogP contribution in [0.4, 0.5) is 0 Å². The fraction of sp³-hybridized carbons (Fsp3) is 0.800. The lowest BCUT2D eigenvalue weighted by Gasteiger charge is -2.16. The van der Waals surface area contributed by atoms with E-state index in [-0.39, 0.29) is 17.1 Å². The summed E-state index contributed by atoms with van der Waals surface area (Å²) in [6, 6.07) is 0. The minimum atomic E-state index is -0.297. The molecule has 0 N–H and O–H groups in total. The molecule has 0 saturated carbocycles. The molecule has 0 aliphatic rings. The molecule has 0 atom stereocenters. The van der Waals surface area contributed by atoms with E-state index < -0.39 is 0 Å². The predicted octanol–water partition coefficient (Wildman–Crippen LogP) is 1.42. The molecule has 3 nitrogen and oxygen atoms in total. The first-order chi connectivity index (χ1) is 6.25. The largest absolute Gasteiger partial charge is 0.348 e. The van der Waals surface area contributed by atoms with Crippen molar-refractivity contribution in [3.8, 4) is 0 Å². The van der Waals surface area contributed by atoms with Crippen molar-refractivity contribution in [2.24, 2.45) is 5.41 Å². The number of carbonyl (C=O) groups is 2. The van der Waals surface area contributed by atoms with Crippen molar-refractivity contribution in [3.63, 3.8) is 0 Å². The Morgan fingerprint density at radius 3 is 2.00 bits per heavy atom. The lowest BCUT2D eigenvalue weighted by Crippen LogP contribution is -2.26. The summed E-state index contributed by atoms with van der Waals surface area (Å²) in [5.41, 5.74) is -0.297. The Labute approximate surface area is 90.2 Å². The number of hydrogen-bond acceptors (Lipinski definition) is 3. The van der Waals surface area contributed by atoms with Gasteiger partial charge in [0.25, 0.3) is 0 Å². The van der Waals surface area contributed by atoms with Crippen LogP contribution in [0.2, 0.25) is 0 Å². The van der Waals surface area contributed by atoms with Gasteiger partial charge in [0.05, 0.1) is 11.5 Å². The Morgan fingerprint density at radius 1 is 1.14 bits per heavy atom. The van der Waals surface area contributed by atoms with Crippen LogP contribution in [-0.2, 0) is 9.59 Å². The number of nitrogens with zero attached hydrogens (tertiary/aromatic N) is 1. The topological polar surface area (TPSA) is 37.4 Å². The number of hydrogen-bond donors (Lipinski definition) is 0. The van der Waals surface area contributed by atoms with E-state index in [0.717, 1.165) is 0 Å². The molecule has 0 heterocycles. The third-order valence-electron chi connectivity index (χ3n) is 1.79. The summed E-state index contributed by atoms with van der Waals surface area (Å²) >= 11 is 1.38. The molecule has 4 heteroatoms. The minimum Gasteiger partial charge on any atom is -0.348 e. The van der Waals surface area contributed by atoms with E-state index in [9.17, 15) is 9.59 Å². The Balaban J connectivity index is 3.76. The molecule has 0 saturated heterocycles. The van der Waals surface area contributed by atoms with Gasteiger partial charge in [0.15, 0.2) is 0 Å². The summed E-state index contributed by atoms with van der Waals surface area (Å²) in [5, 5.41) is 0. The highest BCUT2D eigenvalue weighted by molar-refractivity contribution is 8.00. The van der Waals surface area contributed by atoms with Crippen molar-refractivity contribution in [2.75, 3.05) is 25.6 Å². The van der Waals surface area contributed by atoms with Gasteiger partial charge in [0, 0.05) is 19.5 Å². The van der Waals surface area contributed by atoms with Crippen molar-refractivity contribution in [2.45, 2.75) is 20.8 Å². The van der Waals surface area contributed by atoms with Gasteiger partial charge in [-0.3, -0.25) is 9.59 Å². The van der Waals surface area contributed by atoms with Gasteiger partial charge in [0.2, 0.25) is 5.91 Å². The first-order valence-electron chi connectivity index (χ1n) is 4.56. The summed E-state index contributed by atoms with van der Waals surface area (Å²) in [7, 11) is 3.43. The van der Waals surface area contributed by atoms with Gasteiger partial charge in [-0.15, -0.1) is 11.8 Å². The van der Waals surface area contributed by atoms with E-state index in [1.165, 1.54) is 16.7 Å². The lowest BCUT2D eigenvalue weighted by atomic mass is 9.92. The molecule has 0 aliphatic heterocycles. The van der Waals surface area contributed by atoms with Gasteiger partial charge >= 0.3 is 0 Å². The maximum Gasteiger partial charge on any atom is 0.232 e. The van der Waals surface area contributed by atoms with Crippen LogP contribution in [0, 0.1) is 5.41 Å². The SMILES string of the molecule is CN(C)C(=O)CSCC(=O)C(C)(C)C.